The molecule has 4 rings (SSSR count). The largest absolute Gasteiger partial charge is 0.252 e. The lowest BCUT2D eigenvalue weighted by atomic mass is 9.76. The molecule has 2 unspecified atom stereocenters. The van der Waals surface area contributed by atoms with Gasteiger partial charge < -0.3 is 0 Å². The Morgan fingerprint density at radius 3 is 2.62 bits per heavy atom. The highest BCUT2D eigenvalue weighted by Gasteiger charge is 2.34. The summed E-state index contributed by atoms with van der Waals surface area (Å²) in [6.45, 7) is 2.36. The molecule has 0 amide bonds. The van der Waals surface area contributed by atoms with Crippen LogP contribution in [0.5, 0.6) is 0 Å². The third-order valence-corrected chi connectivity index (χ3v) is 5.00. The van der Waals surface area contributed by atoms with Gasteiger partial charge in [0.2, 0.25) is 0 Å². The van der Waals surface area contributed by atoms with E-state index in [1.54, 1.807) is 0 Å². The highest BCUT2D eigenvalue weighted by atomic mass is 14.9. The van der Waals surface area contributed by atoms with Crippen LogP contribution in [0.4, 0.5) is 5.69 Å². The fourth-order valence-corrected chi connectivity index (χ4v) is 3.84. The van der Waals surface area contributed by atoms with Gasteiger partial charge in [0.25, 0.3) is 0 Å². The molecule has 0 bridgehead atoms. The van der Waals surface area contributed by atoms with E-state index in [0.717, 1.165) is 0 Å². The molecular weight excluding hydrogens is 254 g/mol. The van der Waals surface area contributed by atoms with Crippen LogP contribution in [0.3, 0.4) is 0 Å². The van der Waals surface area contributed by atoms with Gasteiger partial charge in [0.15, 0.2) is 0 Å². The van der Waals surface area contributed by atoms with Gasteiger partial charge in [-0.15, -0.1) is 0 Å². The highest BCUT2D eigenvalue weighted by Crippen LogP contribution is 2.48. The number of benzene rings is 2. The molecule has 2 atom stereocenters. The standard InChI is InChI=1S/C20H20N/c1-14(15-8-3-2-4-9-15)16-11-7-12-18-17-10-5-6-13-19(17)21-20(16)18/h2-6,8-10,13-14,16H,7,11-12H2,1H3. The Balaban J connectivity index is 1.71. The summed E-state index contributed by atoms with van der Waals surface area (Å²) >= 11 is 0. The smallest absolute Gasteiger partial charge is 0.0708 e. The van der Waals surface area contributed by atoms with Gasteiger partial charge in [-0.05, 0) is 42.4 Å². The van der Waals surface area contributed by atoms with E-state index in [4.69, 9.17) is 5.32 Å². The van der Waals surface area contributed by atoms with Crippen molar-refractivity contribution in [1.29, 1.82) is 0 Å². The Hall–Kier alpha value is -2.02. The van der Waals surface area contributed by atoms with Crippen molar-refractivity contribution >= 4 is 11.3 Å². The molecule has 0 fully saturated rings. The Kier molecular flexibility index (Phi) is 3.07. The average Bonchev–Trinajstić information content (AvgIpc) is 2.94. The molecule has 0 saturated heterocycles. The molecule has 2 aromatic carbocycles. The topological polar surface area (TPSA) is 14.1 Å². The maximum Gasteiger partial charge on any atom is 0.0708 e. The van der Waals surface area contributed by atoms with Gasteiger partial charge in [-0.25, -0.2) is 0 Å². The van der Waals surface area contributed by atoms with Crippen molar-refractivity contribution in [3.8, 4) is 0 Å². The van der Waals surface area contributed by atoms with Crippen LogP contribution in [-0.4, -0.2) is 0 Å². The van der Waals surface area contributed by atoms with Crippen molar-refractivity contribution in [1.82, 2.24) is 5.32 Å². The van der Waals surface area contributed by atoms with Gasteiger partial charge in [0.05, 0.1) is 5.69 Å². The number of para-hydroxylation sites is 1. The van der Waals surface area contributed by atoms with Crippen molar-refractivity contribution in [2.24, 2.45) is 5.92 Å². The molecule has 1 aliphatic carbocycles. The van der Waals surface area contributed by atoms with Crippen LogP contribution < -0.4 is 5.32 Å². The third kappa shape index (κ3) is 2.08. The molecule has 1 heterocycles. The summed E-state index contributed by atoms with van der Waals surface area (Å²) in [5, 5.41) is 4.98. The molecule has 1 radical (unpaired) electrons. The molecule has 21 heavy (non-hydrogen) atoms. The summed E-state index contributed by atoms with van der Waals surface area (Å²) in [5.41, 5.74) is 6.85. The quantitative estimate of drug-likeness (QED) is 0.710. The van der Waals surface area contributed by atoms with Crippen LogP contribution in [0.25, 0.3) is 5.57 Å². The number of hydrogen-bond acceptors (Lipinski definition) is 0. The number of fused-ring (bicyclic) bond motifs is 2. The first-order valence-corrected chi connectivity index (χ1v) is 7.94. The van der Waals surface area contributed by atoms with E-state index < -0.39 is 0 Å². The van der Waals surface area contributed by atoms with E-state index in [0.29, 0.717) is 11.8 Å². The lowest BCUT2D eigenvalue weighted by Crippen LogP contribution is -2.19. The van der Waals surface area contributed by atoms with Crippen molar-refractivity contribution in [2.75, 3.05) is 0 Å². The molecular formula is C20H20N. The second-order valence-corrected chi connectivity index (χ2v) is 6.19. The Morgan fingerprint density at radius 2 is 1.76 bits per heavy atom. The van der Waals surface area contributed by atoms with Gasteiger partial charge in [-0.1, -0.05) is 55.5 Å². The third-order valence-electron chi connectivity index (χ3n) is 5.00. The molecule has 0 N–H and O–H groups in total. The van der Waals surface area contributed by atoms with Crippen molar-refractivity contribution in [2.45, 2.75) is 32.1 Å². The van der Waals surface area contributed by atoms with Crippen LogP contribution in [0.2, 0.25) is 0 Å². The Bertz CT molecular complexity index is 684. The van der Waals surface area contributed by atoms with E-state index in [2.05, 4.69) is 61.5 Å². The number of nitrogens with zero attached hydrogens (tertiary/aromatic N) is 1. The zero-order chi connectivity index (χ0) is 14.2. The van der Waals surface area contributed by atoms with Gasteiger partial charge in [-0.2, -0.15) is 0 Å². The molecule has 1 aliphatic heterocycles. The van der Waals surface area contributed by atoms with Gasteiger partial charge in [0, 0.05) is 17.2 Å². The van der Waals surface area contributed by atoms with Crippen LogP contribution in [0.15, 0.2) is 60.3 Å². The van der Waals surface area contributed by atoms with Crippen molar-refractivity contribution in [3.05, 3.63) is 71.4 Å². The maximum absolute atomic E-state index is 4.98. The minimum absolute atomic E-state index is 0.537. The zero-order valence-corrected chi connectivity index (χ0v) is 12.4. The van der Waals surface area contributed by atoms with Crippen molar-refractivity contribution in [3.63, 3.8) is 0 Å². The zero-order valence-electron chi connectivity index (χ0n) is 12.4. The highest BCUT2D eigenvalue weighted by molar-refractivity contribution is 5.82. The van der Waals surface area contributed by atoms with Crippen LogP contribution >= 0.6 is 0 Å². The lowest BCUT2D eigenvalue weighted by molar-refractivity contribution is 0.437. The maximum atomic E-state index is 4.98. The fourth-order valence-electron chi connectivity index (χ4n) is 3.84. The summed E-state index contributed by atoms with van der Waals surface area (Å²) in [6, 6.07) is 19.5. The van der Waals surface area contributed by atoms with E-state index in [1.165, 1.54) is 47.3 Å². The molecule has 1 heteroatoms. The van der Waals surface area contributed by atoms with Crippen LogP contribution in [0.1, 0.15) is 43.2 Å². The summed E-state index contributed by atoms with van der Waals surface area (Å²) in [6.07, 6.45) is 3.73. The van der Waals surface area contributed by atoms with E-state index in [9.17, 15) is 0 Å². The minimum atomic E-state index is 0.537. The number of allylic oxidation sites excluding steroid dienone is 2. The average molecular weight is 274 g/mol. The van der Waals surface area contributed by atoms with E-state index in [-0.39, 0.29) is 0 Å². The van der Waals surface area contributed by atoms with Crippen LogP contribution in [0, 0.1) is 5.92 Å². The summed E-state index contributed by atoms with van der Waals surface area (Å²) in [7, 11) is 0. The summed E-state index contributed by atoms with van der Waals surface area (Å²) in [5.74, 6) is 1.10. The van der Waals surface area contributed by atoms with E-state index >= 15 is 0 Å². The van der Waals surface area contributed by atoms with Crippen molar-refractivity contribution < 1.29 is 0 Å². The van der Waals surface area contributed by atoms with Gasteiger partial charge >= 0.3 is 0 Å². The lowest BCUT2D eigenvalue weighted by Gasteiger charge is -2.29. The summed E-state index contributed by atoms with van der Waals surface area (Å²) < 4.78 is 0. The predicted octanol–water partition coefficient (Wildman–Crippen LogP) is 5.25. The second-order valence-electron chi connectivity index (χ2n) is 6.19. The van der Waals surface area contributed by atoms with Gasteiger partial charge in [0.1, 0.15) is 0 Å². The monoisotopic (exact) mass is 274 g/mol. The van der Waals surface area contributed by atoms with Crippen LogP contribution in [-0.2, 0) is 0 Å². The first kappa shape index (κ1) is 12.7. The molecule has 1 nitrogen and oxygen atoms in total. The number of hydrogen-bond donors (Lipinski definition) is 0. The minimum Gasteiger partial charge on any atom is -0.252 e. The fraction of sp³-hybridized carbons (Fsp3) is 0.300. The Labute approximate surface area is 126 Å². The summed E-state index contributed by atoms with van der Waals surface area (Å²) in [4.78, 5) is 0. The first-order chi connectivity index (χ1) is 10.3. The Morgan fingerprint density at radius 1 is 1.00 bits per heavy atom. The molecule has 0 spiro atoms. The van der Waals surface area contributed by atoms with E-state index in [1.807, 2.05) is 0 Å². The predicted molar refractivity (Wildman–Crippen MR) is 87.4 cm³/mol. The molecule has 2 aliphatic rings. The first-order valence-electron chi connectivity index (χ1n) is 7.94. The molecule has 0 aromatic heterocycles. The molecule has 0 saturated carbocycles. The van der Waals surface area contributed by atoms with Gasteiger partial charge in [-0.3, -0.25) is 5.32 Å². The SMILES string of the molecule is CC(c1ccccc1)C1CCCC2=C1[N]c1ccccc12. The molecule has 105 valence electrons. The number of rotatable bonds is 2. The molecule has 2 aromatic rings. The normalized spacial score (nSPS) is 21.5. The second kappa shape index (κ2) is 5.07.